The predicted octanol–water partition coefficient (Wildman–Crippen LogP) is 8.40. The molecular weight excluding hydrogens is 715 g/mol. The number of fused-ring (bicyclic) bond motifs is 4. The van der Waals surface area contributed by atoms with Crippen LogP contribution < -0.4 is 4.90 Å². The molecule has 0 bridgehead atoms. The maximum absolute atomic E-state index is 11.6. The van der Waals surface area contributed by atoms with Gasteiger partial charge in [-0.3, -0.25) is 0 Å². The third kappa shape index (κ3) is 7.79. The molecule has 2 aliphatic rings. The number of carboxylic acid groups (broad SMARTS) is 2. The number of aromatic hydroxyl groups is 2. The van der Waals surface area contributed by atoms with E-state index in [0.717, 1.165) is 51.1 Å². The van der Waals surface area contributed by atoms with E-state index in [2.05, 4.69) is 46.2 Å². The summed E-state index contributed by atoms with van der Waals surface area (Å²) in [6.07, 6.45) is 2.68. The Morgan fingerprint density at radius 3 is 1.84 bits per heavy atom. The van der Waals surface area contributed by atoms with Crippen molar-refractivity contribution in [2.24, 2.45) is 0 Å². The summed E-state index contributed by atoms with van der Waals surface area (Å²) in [5, 5.41) is 61.7. The third-order valence-corrected chi connectivity index (χ3v) is 11.4. The summed E-state index contributed by atoms with van der Waals surface area (Å²) in [5.74, 6) is -3.36. The number of hydrogen-bond donors (Lipinski definition) is 5. The normalized spacial score (nSPS) is 14.1. The van der Waals surface area contributed by atoms with Crippen LogP contribution in [0.15, 0.2) is 113 Å². The first-order valence-electron chi connectivity index (χ1n) is 18.1. The molecule has 278 valence electrons. The van der Waals surface area contributed by atoms with Gasteiger partial charge in [-0.05, 0) is 89.8 Å². The largest absolute Gasteiger partial charge is 0.507 e. The summed E-state index contributed by atoms with van der Waals surface area (Å²) >= 11 is 1.78. The molecule has 6 aromatic carbocycles. The number of carbonyl (C=O) groups is 2. The molecule has 11 heteroatoms. The zero-order chi connectivity index (χ0) is 38.6. The Labute approximate surface area is 322 Å². The zero-order valence-corrected chi connectivity index (χ0v) is 30.7. The van der Waals surface area contributed by atoms with Gasteiger partial charge in [-0.2, -0.15) is 5.26 Å². The van der Waals surface area contributed by atoms with Gasteiger partial charge in [0.15, 0.2) is 0 Å². The minimum atomic E-state index is -1.28. The van der Waals surface area contributed by atoms with Crippen LogP contribution in [0, 0.1) is 11.3 Å². The Kier molecular flexibility index (Phi) is 10.9. The van der Waals surface area contributed by atoms with E-state index >= 15 is 0 Å². The van der Waals surface area contributed by atoms with E-state index in [4.69, 9.17) is 0 Å². The fourth-order valence-electron chi connectivity index (χ4n) is 7.42. The van der Waals surface area contributed by atoms with Crippen molar-refractivity contribution >= 4 is 56.6 Å². The van der Waals surface area contributed by atoms with Crippen LogP contribution in [0.3, 0.4) is 0 Å². The highest BCUT2D eigenvalue weighted by Crippen LogP contribution is 2.48. The summed E-state index contributed by atoms with van der Waals surface area (Å²) in [5.41, 5.74) is 3.19. The highest BCUT2D eigenvalue weighted by atomic mass is 32.2. The maximum Gasteiger partial charge on any atom is 0.339 e. The smallest absolute Gasteiger partial charge is 0.339 e. The Morgan fingerprint density at radius 2 is 1.25 bits per heavy atom. The van der Waals surface area contributed by atoms with Crippen LogP contribution in [0.5, 0.6) is 11.5 Å². The van der Waals surface area contributed by atoms with Crippen LogP contribution in [0.1, 0.15) is 56.7 Å². The van der Waals surface area contributed by atoms with Gasteiger partial charge in [0.05, 0.1) is 29.1 Å². The van der Waals surface area contributed by atoms with E-state index in [1.165, 1.54) is 27.6 Å². The number of likely N-dealkylation sites (tertiary alicyclic amines) is 1. The number of aliphatic hydroxyl groups is 1. The first-order chi connectivity index (χ1) is 26.6. The van der Waals surface area contributed by atoms with Gasteiger partial charge in [-0.25, -0.2) is 9.59 Å². The molecule has 0 amide bonds. The quantitative estimate of drug-likeness (QED) is 0.101. The van der Waals surface area contributed by atoms with Gasteiger partial charge < -0.3 is 35.3 Å². The molecule has 2 heterocycles. The van der Waals surface area contributed by atoms with Crippen LogP contribution in [-0.2, 0) is 6.42 Å². The fraction of sp³-hybridized carbons (Fsp3) is 0.205. The molecule has 0 saturated carbocycles. The number of phenols is 2. The standard InChI is InChI=1S/C23H16O6.C21H23N3OS/c24-20-16(14-7-3-1-5-12(14)9-18(20)22(26)27)11-17-15-8-4-2-6-13(15)10-19(21(17)25)23(28)29;22-15-16-6-7-21-19(14-16)24(18-4-1-2-5-20(18)26-21)11-3-10-23-12-8-17(25)9-13-23/h1-10,24-25H,11H2,(H,26,27)(H,28,29);1-2,4-7,14,17,25H,3,8-13H2. The summed E-state index contributed by atoms with van der Waals surface area (Å²) in [7, 11) is 0. The summed E-state index contributed by atoms with van der Waals surface area (Å²) in [4.78, 5) is 30.5. The average Bonchev–Trinajstić information content (AvgIpc) is 3.19. The molecule has 1 fully saturated rings. The number of nitrogens with zero attached hydrogens (tertiary/aromatic N) is 3. The van der Waals surface area contributed by atoms with Crippen molar-refractivity contribution in [1.82, 2.24) is 4.90 Å². The van der Waals surface area contributed by atoms with E-state index < -0.39 is 23.4 Å². The Hall–Kier alpha value is -6.06. The van der Waals surface area contributed by atoms with E-state index in [1.54, 1.807) is 60.3 Å². The summed E-state index contributed by atoms with van der Waals surface area (Å²) < 4.78 is 0. The predicted molar refractivity (Wildman–Crippen MR) is 213 cm³/mol. The number of aliphatic hydroxyl groups excluding tert-OH is 1. The number of aromatic carboxylic acids is 2. The van der Waals surface area contributed by atoms with Gasteiger partial charge in [-0.15, -0.1) is 0 Å². The molecule has 10 nitrogen and oxygen atoms in total. The van der Waals surface area contributed by atoms with Gasteiger partial charge >= 0.3 is 11.9 Å². The molecular formula is C44H39N3O7S. The van der Waals surface area contributed by atoms with E-state index in [-0.39, 0.29) is 23.7 Å². The van der Waals surface area contributed by atoms with Gasteiger partial charge in [0.25, 0.3) is 0 Å². The van der Waals surface area contributed by atoms with Crippen LogP contribution in [0.4, 0.5) is 11.4 Å². The molecule has 0 unspecified atom stereocenters. The molecule has 0 aliphatic carbocycles. The maximum atomic E-state index is 11.6. The van der Waals surface area contributed by atoms with Gasteiger partial charge in [0.2, 0.25) is 0 Å². The monoisotopic (exact) mass is 753 g/mol. The van der Waals surface area contributed by atoms with Crippen molar-refractivity contribution < 1.29 is 35.1 Å². The lowest BCUT2D eigenvalue weighted by Crippen LogP contribution is -2.37. The zero-order valence-electron chi connectivity index (χ0n) is 29.9. The third-order valence-electron chi connectivity index (χ3n) is 10.2. The lowest BCUT2D eigenvalue weighted by atomic mass is 9.90. The number of rotatable bonds is 8. The second-order valence-corrected chi connectivity index (χ2v) is 14.8. The summed E-state index contributed by atoms with van der Waals surface area (Å²) in [6.45, 7) is 3.95. The second kappa shape index (κ2) is 16.1. The highest BCUT2D eigenvalue weighted by molar-refractivity contribution is 7.99. The number of nitriles is 1. The summed E-state index contributed by atoms with van der Waals surface area (Å²) in [6, 6.07) is 33.5. The van der Waals surface area contributed by atoms with Crippen LogP contribution >= 0.6 is 11.8 Å². The Bertz CT molecular complexity index is 2370. The fourth-order valence-corrected chi connectivity index (χ4v) is 8.50. The minimum absolute atomic E-state index is 0.0407. The van der Waals surface area contributed by atoms with Crippen molar-refractivity contribution in [1.29, 1.82) is 5.26 Å². The Morgan fingerprint density at radius 1 is 0.709 bits per heavy atom. The molecule has 6 aromatic rings. The Balaban J connectivity index is 0.000000170. The van der Waals surface area contributed by atoms with Crippen molar-refractivity contribution in [3.05, 3.63) is 131 Å². The molecule has 0 aromatic heterocycles. The van der Waals surface area contributed by atoms with Crippen molar-refractivity contribution in [2.75, 3.05) is 31.1 Å². The lowest BCUT2D eigenvalue weighted by molar-refractivity contribution is 0.0682. The molecule has 5 N–H and O–H groups in total. The van der Waals surface area contributed by atoms with Gasteiger partial charge in [-0.1, -0.05) is 72.4 Å². The number of anilines is 2. The highest BCUT2D eigenvalue weighted by Gasteiger charge is 2.25. The SMILES string of the molecule is N#Cc1ccc2c(c1)N(CCCN1CCC(O)CC1)c1ccccc1S2.O=C(O)c1cc2ccccc2c(Cc2c(O)c(C(=O)O)cc3ccccc23)c1O. The number of carboxylic acids is 2. The van der Waals surface area contributed by atoms with Crippen LogP contribution in [-0.4, -0.2) is 74.7 Å². The van der Waals surface area contributed by atoms with Gasteiger partial charge in [0.1, 0.15) is 22.6 Å². The number of hydrogen-bond acceptors (Lipinski definition) is 9. The molecule has 55 heavy (non-hydrogen) atoms. The minimum Gasteiger partial charge on any atom is -0.507 e. The molecule has 0 spiro atoms. The van der Waals surface area contributed by atoms with E-state index in [1.807, 2.05) is 12.1 Å². The van der Waals surface area contributed by atoms with E-state index in [0.29, 0.717) is 38.2 Å². The molecule has 2 aliphatic heterocycles. The first kappa shape index (κ1) is 37.3. The molecule has 8 rings (SSSR count). The number of benzene rings is 6. The molecule has 1 saturated heterocycles. The first-order valence-corrected chi connectivity index (χ1v) is 18.9. The topological polar surface area (TPSA) is 166 Å². The molecule has 0 radical (unpaired) electrons. The van der Waals surface area contributed by atoms with Crippen LogP contribution in [0.25, 0.3) is 21.5 Å². The average molecular weight is 754 g/mol. The van der Waals surface area contributed by atoms with Crippen molar-refractivity contribution in [2.45, 2.75) is 41.6 Å². The van der Waals surface area contributed by atoms with Crippen molar-refractivity contribution in [3.8, 4) is 17.6 Å². The lowest BCUT2D eigenvalue weighted by Gasteiger charge is -2.34. The molecule has 0 atom stereocenters. The second-order valence-electron chi connectivity index (χ2n) is 13.7. The van der Waals surface area contributed by atoms with Gasteiger partial charge in [0, 0.05) is 47.0 Å². The number of piperidine rings is 1. The number of para-hydroxylation sites is 1. The van der Waals surface area contributed by atoms with Crippen molar-refractivity contribution in [3.63, 3.8) is 0 Å². The van der Waals surface area contributed by atoms with E-state index in [9.17, 15) is 40.4 Å². The van der Waals surface area contributed by atoms with Crippen LogP contribution in [0.2, 0.25) is 0 Å².